The quantitative estimate of drug-likeness (QED) is 0.465. The number of carbonyl (C=O) groups excluding carboxylic acids is 3. The first-order valence-electron chi connectivity index (χ1n) is 9.41. The minimum atomic E-state index is -0.494. The Morgan fingerprint density at radius 2 is 1.47 bits per heavy atom. The normalized spacial score (nSPS) is 20.4. The second-order valence-electron chi connectivity index (χ2n) is 7.25. The SMILES string of the molecule is O=C(c1ccc(Cl)cc1)N(Cc1ccc(Cl)cc1Cl)N1C(=O)[C@@H]2CC=CC[C@H]2C1=O. The van der Waals surface area contributed by atoms with Gasteiger partial charge >= 0.3 is 0 Å². The van der Waals surface area contributed by atoms with Crippen molar-refractivity contribution in [1.82, 2.24) is 10.0 Å². The number of carbonyl (C=O) groups is 3. The van der Waals surface area contributed by atoms with Gasteiger partial charge in [0.1, 0.15) is 0 Å². The molecule has 1 aliphatic heterocycles. The Morgan fingerprint density at radius 1 is 0.900 bits per heavy atom. The Morgan fingerprint density at radius 3 is 2.03 bits per heavy atom. The topological polar surface area (TPSA) is 57.7 Å². The third-order valence-electron chi connectivity index (χ3n) is 5.39. The molecule has 2 aromatic rings. The van der Waals surface area contributed by atoms with E-state index in [2.05, 4.69) is 0 Å². The summed E-state index contributed by atoms with van der Waals surface area (Å²) in [5, 5.41) is 3.43. The van der Waals surface area contributed by atoms with Gasteiger partial charge in [0, 0.05) is 20.6 Å². The lowest BCUT2D eigenvalue weighted by Crippen LogP contribution is -2.49. The highest BCUT2D eigenvalue weighted by atomic mass is 35.5. The summed E-state index contributed by atoms with van der Waals surface area (Å²) in [6.07, 6.45) is 4.77. The predicted octanol–water partition coefficient (Wildman–Crippen LogP) is 5.16. The molecule has 0 radical (unpaired) electrons. The van der Waals surface area contributed by atoms with E-state index in [1.165, 1.54) is 5.01 Å². The summed E-state index contributed by atoms with van der Waals surface area (Å²) < 4.78 is 0. The van der Waals surface area contributed by atoms with Crippen LogP contribution < -0.4 is 0 Å². The molecular weight excluding hydrogens is 447 g/mol. The molecular formula is C22H17Cl3N2O3. The maximum atomic E-state index is 13.4. The van der Waals surface area contributed by atoms with Crippen molar-refractivity contribution >= 4 is 52.5 Å². The van der Waals surface area contributed by atoms with Crippen LogP contribution in [0.25, 0.3) is 0 Å². The summed E-state index contributed by atoms with van der Waals surface area (Å²) >= 11 is 18.2. The third-order valence-corrected chi connectivity index (χ3v) is 6.23. The van der Waals surface area contributed by atoms with Crippen molar-refractivity contribution in [1.29, 1.82) is 0 Å². The summed E-state index contributed by atoms with van der Waals surface area (Å²) in [5.74, 6) is -2.15. The third kappa shape index (κ3) is 3.85. The molecule has 0 aromatic heterocycles. The molecule has 8 heteroatoms. The van der Waals surface area contributed by atoms with Crippen LogP contribution in [-0.2, 0) is 16.1 Å². The molecule has 1 fully saturated rings. The molecule has 0 bridgehead atoms. The number of fused-ring (bicyclic) bond motifs is 1. The summed E-state index contributed by atoms with van der Waals surface area (Å²) in [5.41, 5.74) is 0.870. The van der Waals surface area contributed by atoms with Crippen molar-refractivity contribution < 1.29 is 14.4 Å². The standard InChI is InChI=1S/C22H17Cl3N2O3/c23-15-8-5-13(6-9-15)20(28)26(12-14-7-10-16(24)11-19(14)25)27-21(29)17-3-1-2-4-18(17)22(27)30/h1-2,5-11,17-18H,3-4,12H2/t17-,18-/m1/s1. The molecule has 1 heterocycles. The fourth-order valence-corrected chi connectivity index (χ4v) is 4.40. The number of nitrogens with zero attached hydrogens (tertiary/aromatic N) is 2. The Labute approximate surface area is 188 Å². The molecule has 3 amide bonds. The molecule has 2 aliphatic rings. The minimum Gasteiger partial charge on any atom is -0.272 e. The molecule has 2 atom stereocenters. The maximum absolute atomic E-state index is 13.4. The van der Waals surface area contributed by atoms with Gasteiger partial charge in [-0.3, -0.25) is 14.4 Å². The molecule has 4 rings (SSSR count). The van der Waals surface area contributed by atoms with Crippen LogP contribution in [0.1, 0.15) is 28.8 Å². The Bertz CT molecular complexity index is 1030. The number of imide groups is 1. The van der Waals surface area contributed by atoms with E-state index in [9.17, 15) is 14.4 Å². The van der Waals surface area contributed by atoms with Crippen LogP contribution in [0.3, 0.4) is 0 Å². The Kier molecular flexibility index (Phi) is 5.87. The van der Waals surface area contributed by atoms with E-state index >= 15 is 0 Å². The molecule has 0 saturated carbocycles. The van der Waals surface area contributed by atoms with Gasteiger partial charge in [0.05, 0.1) is 18.4 Å². The highest BCUT2D eigenvalue weighted by Gasteiger charge is 2.50. The lowest BCUT2D eigenvalue weighted by atomic mass is 9.85. The average Bonchev–Trinajstić information content (AvgIpc) is 2.98. The van der Waals surface area contributed by atoms with Gasteiger partial charge in [-0.2, -0.15) is 5.01 Å². The number of hydrogen-bond donors (Lipinski definition) is 0. The van der Waals surface area contributed by atoms with Crippen molar-refractivity contribution in [2.24, 2.45) is 11.8 Å². The zero-order valence-electron chi connectivity index (χ0n) is 15.7. The first kappa shape index (κ1) is 20.9. The number of hydrazine groups is 1. The molecule has 1 aliphatic carbocycles. The number of rotatable bonds is 4. The van der Waals surface area contributed by atoms with E-state index in [1.807, 2.05) is 12.2 Å². The van der Waals surface area contributed by atoms with Gasteiger partial charge in [0.15, 0.2) is 0 Å². The van der Waals surface area contributed by atoms with Crippen molar-refractivity contribution in [2.45, 2.75) is 19.4 Å². The summed E-state index contributed by atoms with van der Waals surface area (Å²) in [4.78, 5) is 39.6. The summed E-state index contributed by atoms with van der Waals surface area (Å²) in [6, 6.07) is 11.2. The van der Waals surface area contributed by atoms with E-state index in [1.54, 1.807) is 42.5 Å². The molecule has 2 aromatic carbocycles. The zero-order chi connectivity index (χ0) is 21.4. The van der Waals surface area contributed by atoms with Crippen LogP contribution in [-0.4, -0.2) is 27.7 Å². The molecule has 0 spiro atoms. The van der Waals surface area contributed by atoms with E-state index in [-0.39, 0.29) is 18.4 Å². The fraction of sp³-hybridized carbons (Fsp3) is 0.227. The van der Waals surface area contributed by atoms with E-state index in [0.717, 1.165) is 5.01 Å². The fourth-order valence-electron chi connectivity index (χ4n) is 3.81. The van der Waals surface area contributed by atoms with Crippen molar-refractivity contribution in [3.8, 4) is 0 Å². The Hall–Kier alpha value is -2.34. The van der Waals surface area contributed by atoms with Gasteiger partial charge in [-0.15, -0.1) is 0 Å². The van der Waals surface area contributed by atoms with E-state index < -0.39 is 17.7 Å². The summed E-state index contributed by atoms with van der Waals surface area (Å²) in [7, 11) is 0. The number of hydrogen-bond acceptors (Lipinski definition) is 3. The van der Waals surface area contributed by atoms with Gasteiger partial charge in [-0.05, 0) is 54.8 Å². The van der Waals surface area contributed by atoms with Crippen LogP contribution in [0.5, 0.6) is 0 Å². The highest BCUT2D eigenvalue weighted by molar-refractivity contribution is 6.35. The smallest absolute Gasteiger partial charge is 0.272 e. The zero-order valence-corrected chi connectivity index (χ0v) is 18.0. The van der Waals surface area contributed by atoms with E-state index in [4.69, 9.17) is 34.8 Å². The molecule has 0 unspecified atom stereocenters. The van der Waals surface area contributed by atoms with Crippen molar-refractivity contribution in [2.75, 3.05) is 0 Å². The second-order valence-corrected chi connectivity index (χ2v) is 8.53. The number of halogens is 3. The first-order chi connectivity index (χ1) is 14.4. The van der Waals surface area contributed by atoms with Gasteiger partial charge in [0.25, 0.3) is 17.7 Å². The van der Waals surface area contributed by atoms with Gasteiger partial charge < -0.3 is 0 Å². The Balaban J connectivity index is 1.73. The first-order valence-corrected chi connectivity index (χ1v) is 10.5. The van der Waals surface area contributed by atoms with Gasteiger partial charge in [-0.1, -0.05) is 53.0 Å². The van der Waals surface area contributed by atoms with Crippen LogP contribution in [0, 0.1) is 11.8 Å². The van der Waals surface area contributed by atoms with E-state index in [0.29, 0.717) is 39.0 Å². The van der Waals surface area contributed by atoms with Crippen molar-refractivity contribution in [3.05, 3.63) is 80.8 Å². The lowest BCUT2D eigenvalue weighted by Gasteiger charge is -2.31. The molecule has 5 nitrogen and oxygen atoms in total. The van der Waals surface area contributed by atoms with Gasteiger partial charge in [-0.25, -0.2) is 5.01 Å². The second kappa shape index (κ2) is 8.42. The molecule has 30 heavy (non-hydrogen) atoms. The van der Waals surface area contributed by atoms with Crippen LogP contribution >= 0.6 is 34.8 Å². The highest BCUT2D eigenvalue weighted by Crippen LogP contribution is 2.37. The van der Waals surface area contributed by atoms with Crippen LogP contribution in [0.4, 0.5) is 0 Å². The van der Waals surface area contributed by atoms with Gasteiger partial charge in [0.2, 0.25) is 0 Å². The maximum Gasteiger partial charge on any atom is 0.273 e. The number of benzene rings is 2. The number of allylic oxidation sites excluding steroid dienone is 2. The van der Waals surface area contributed by atoms with Crippen LogP contribution in [0.15, 0.2) is 54.6 Å². The lowest BCUT2D eigenvalue weighted by molar-refractivity contribution is -0.155. The van der Waals surface area contributed by atoms with Crippen LogP contribution in [0.2, 0.25) is 15.1 Å². The van der Waals surface area contributed by atoms with Crippen molar-refractivity contribution in [3.63, 3.8) is 0 Å². The molecule has 154 valence electrons. The number of amides is 3. The predicted molar refractivity (Wildman–Crippen MR) is 115 cm³/mol. The largest absolute Gasteiger partial charge is 0.273 e. The molecule has 0 N–H and O–H groups in total. The minimum absolute atomic E-state index is 0.0538. The monoisotopic (exact) mass is 462 g/mol. The average molecular weight is 464 g/mol. The molecule has 1 saturated heterocycles. The summed E-state index contributed by atoms with van der Waals surface area (Å²) in [6.45, 7) is -0.0538.